The molecular weight excluding hydrogens is 332 g/mol. The molecule has 0 unspecified atom stereocenters. The summed E-state index contributed by atoms with van der Waals surface area (Å²) >= 11 is 5.73. The Morgan fingerprint density at radius 3 is 2.83 bits per heavy atom. The van der Waals surface area contributed by atoms with Gasteiger partial charge in [0.15, 0.2) is 11.5 Å². The Labute approximate surface area is 135 Å². The first-order valence-electron chi connectivity index (χ1n) is 6.58. The van der Waals surface area contributed by atoms with Crippen molar-refractivity contribution >= 4 is 17.5 Å². The number of hydrogen-bond acceptors (Lipinski definition) is 4. The van der Waals surface area contributed by atoms with Crippen LogP contribution in [0.1, 0.15) is 10.4 Å². The molecule has 23 heavy (non-hydrogen) atoms. The van der Waals surface area contributed by atoms with Gasteiger partial charge in [-0.1, -0.05) is 11.6 Å². The predicted molar refractivity (Wildman–Crippen MR) is 79.2 cm³/mol. The highest BCUT2D eigenvalue weighted by Crippen LogP contribution is 2.29. The largest absolute Gasteiger partial charge is 0.493 e. The quantitative estimate of drug-likeness (QED) is 0.837. The molecule has 2 aromatic rings. The lowest BCUT2D eigenvalue weighted by atomic mass is 10.2. The number of carbonyl (C=O) groups is 1. The zero-order chi connectivity index (χ0) is 16.8. The smallest absolute Gasteiger partial charge is 0.387 e. The van der Waals surface area contributed by atoms with Gasteiger partial charge >= 0.3 is 6.61 Å². The van der Waals surface area contributed by atoms with Crippen LogP contribution in [0.5, 0.6) is 11.5 Å². The molecule has 124 valence electrons. The van der Waals surface area contributed by atoms with Crippen LogP contribution in [-0.2, 0) is 6.54 Å². The molecule has 6 nitrogen and oxygen atoms in total. The van der Waals surface area contributed by atoms with E-state index < -0.39 is 6.61 Å². The van der Waals surface area contributed by atoms with Gasteiger partial charge in [0.05, 0.1) is 24.9 Å². The summed E-state index contributed by atoms with van der Waals surface area (Å²) in [5.74, 6) is -0.452. The summed E-state index contributed by atoms with van der Waals surface area (Å²) in [5.41, 5.74) is 0.266. The van der Waals surface area contributed by atoms with E-state index in [9.17, 15) is 13.6 Å². The van der Waals surface area contributed by atoms with Crippen LogP contribution in [0.4, 0.5) is 8.78 Å². The van der Waals surface area contributed by atoms with Gasteiger partial charge in [-0.25, -0.2) is 0 Å². The van der Waals surface area contributed by atoms with Gasteiger partial charge in [-0.3, -0.25) is 9.48 Å². The van der Waals surface area contributed by atoms with Crippen molar-refractivity contribution in [3.63, 3.8) is 0 Å². The molecule has 0 atom stereocenters. The van der Waals surface area contributed by atoms with E-state index in [1.807, 2.05) is 0 Å². The SMILES string of the molecule is COc1cc(C(=O)NCCn2cc(Cl)cn2)ccc1OC(F)F. The van der Waals surface area contributed by atoms with Gasteiger partial charge in [-0.15, -0.1) is 0 Å². The average Bonchev–Trinajstić information content (AvgIpc) is 2.92. The summed E-state index contributed by atoms with van der Waals surface area (Å²) in [6, 6.07) is 3.96. The van der Waals surface area contributed by atoms with Crippen LogP contribution >= 0.6 is 11.6 Å². The molecule has 0 fully saturated rings. The van der Waals surface area contributed by atoms with Gasteiger partial charge in [0.25, 0.3) is 5.91 Å². The minimum absolute atomic E-state index is 0.0526. The molecule has 0 aliphatic carbocycles. The lowest BCUT2D eigenvalue weighted by Gasteiger charge is -2.11. The third kappa shape index (κ3) is 4.82. The van der Waals surface area contributed by atoms with Crippen molar-refractivity contribution < 1.29 is 23.0 Å². The Balaban J connectivity index is 1.96. The number of nitrogens with one attached hydrogen (secondary N) is 1. The number of alkyl halides is 2. The van der Waals surface area contributed by atoms with E-state index in [4.69, 9.17) is 16.3 Å². The van der Waals surface area contributed by atoms with E-state index in [1.54, 1.807) is 10.9 Å². The predicted octanol–water partition coefficient (Wildman–Crippen LogP) is 2.58. The van der Waals surface area contributed by atoms with Gasteiger partial charge in [0.2, 0.25) is 0 Å². The highest BCUT2D eigenvalue weighted by Gasteiger charge is 2.14. The van der Waals surface area contributed by atoms with Crippen molar-refractivity contribution in [3.8, 4) is 11.5 Å². The molecule has 0 saturated heterocycles. The van der Waals surface area contributed by atoms with E-state index >= 15 is 0 Å². The van der Waals surface area contributed by atoms with E-state index in [1.165, 1.54) is 31.5 Å². The maximum Gasteiger partial charge on any atom is 0.387 e. The number of hydrogen-bond donors (Lipinski definition) is 1. The molecule has 1 amide bonds. The number of methoxy groups -OCH3 is 1. The Bertz CT molecular complexity index is 679. The van der Waals surface area contributed by atoms with Crippen molar-refractivity contribution in [3.05, 3.63) is 41.2 Å². The number of carbonyl (C=O) groups excluding carboxylic acids is 1. The fourth-order valence-corrected chi connectivity index (χ4v) is 2.01. The average molecular weight is 346 g/mol. The van der Waals surface area contributed by atoms with Gasteiger partial charge < -0.3 is 14.8 Å². The summed E-state index contributed by atoms with van der Waals surface area (Å²) in [4.78, 5) is 12.0. The van der Waals surface area contributed by atoms with Gasteiger partial charge in [-0.2, -0.15) is 13.9 Å². The van der Waals surface area contributed by atoms with Crippen molar-refractivity contribution in [1.82, 2.24) is 15.1 Å². The number of halogens is 3. The first-order chi connectivity index (χ1) is 11.0. The lowest BCUT2D eigenvalue weighted by Crippen LogP contribution is -2.27. The van der Waals surface area contributed by atoms with Gasteiger partial charge in [-0.05, 0) is 18.2 Å². The molecule has 1 heterocycles. The maximum atomic E-state index is 12.3. The van der Waals surface area contributed by atoms with Crippen molar-refractivity contribution in [2.45, 2.75) is 13.2 Å². The summed E-state index contributed by atoms with van der Waals surface area (Å²) in [6.07, 6.45) is 3.13. The second-order valence-corrected chi connectivity index (χ2v) is 4.86. The first kappa shape index (κ1) is 17.0. The first-order valence-corrected chi connectivity index (χ1v) is 6.96. The number of benzene rings is 1. The van der Waals surface area contributed by atoms with E-state index in [2.05, 4.69) is 15.2 Å². The number of nitrogens with zero attached hydrogens (tertiary/aromatic N) is 2. The number of rotatable bonds is 7. The second-order valence-electron chi connectivity index (χ2n) is 4.42. The molecule has 0 aliphatic rings. The molecule has 1 aromatic heterocycles. The van der Waals surface area contributed by atoms with Crippen LogP contribution in [0.15, 0.2) is 30.6 Å². The van der Waals surface area contributed by atoms with Gasteiger partial charge in [0, 0.05) is 18.3 Å². The third-order valence-corrected chi connectivity index (χ3v) is 3.07. The molecule has 1 N–H and O–H groups in total. The van der Waals surface area contributed by atoms with Crippen molar-refractivity contribution in [2.24, 2.45) is 0 Å². The summed E-state index contributed by atoms with van der Waals surface area (Å²) < 4.78 is 35.3. The Morgan fingerprint density at radius 1 is 1.43 bits per heavy atom. The highest BCUT2D eigenvalue weighted by molar-refractivity contribution is 6.30. The number of amides is 1. The van der Waals surface area contributed by atoms with Crippen molar-refractivity contribution in [2.75, 3.05) is 13.7 Å². The van der Waals surface area contributed by atoms with Crippen LogP contribution < -0.4 is 14.8 Å². The van der Waals surface area contributed by atoms with E-state index in [0.29, 0.717) is 18.1 Å². The summed E-state index contributed by atoms with van der Waals surface area (Å²) in [6.45, 7) is -2.19. The van der Waals surface area contributed by atoms with E-state index in [-0.39, 0.29) is 23.0 Å². The fraction of sp³-hybridized carbons (Fsp3) is 0.286. The molecular formula is C14H14ClF2N3O3. The maximum absolute atomic E-state index is 12.3. The second kappa shape index (κ2) is 7.77. The zero-order valence-corrected chi connectivity index (χ0v) is 12.9. The van der Waals surface area contributed by atoms with Crippen LogP contribution in [0.3, 0.4) is 0 Å². The summed E-state index contributed by atoms with van der Waals surface area (Å²) in [5, 5.41) is 7.17. The molecule has 2 rings (SSSR count). The Kier molecular flexibility index (Phi) is 5.75. The molecule has 0 saturated carbocycles. The highest BCUT2D eigenvalue weighted by atomic mass is 35.5. The minimum Gasteiger partial charge on any atom is -0.493 e. The fourth-order valence-electron chi connectivity index (χ4n) is 1.85. The number of aromatic nitrogens is 2. The summed E-state index contributed by atoms with van der Waals surface area (Å²) in [7, 11) is 1.30. The zero-order valence-electron chi connectivity index (χ0n) is 12.1. The van der Waals surface area contributed by atoms with Crippen molar-refractivity contribution in [1.29, 1.82) is 0 Å². The Hall–Kier alpha value is -2.35. The van der Waals surface area contributed by atoms with Gasteiger partial charge in [0.1, 0.15) is 0 Å². The topological polar surface area (TPSA) is 65.4 Å². The molecule has 0 aliphatic heterocycles. The Morgan fingerprint density at radius 2 is 2.22 bits per heavy atom. The molecule has 1 aromatic carbocycles. The third-order valence-electron chi connectivity index (χ3n) is 2.87. The molecule has 0 spiro atoms. The van der Waals surface area contributed by atoms with Crippen LogP contribution in [0.25, 0.3) is 0 Å². The normalized spacial score (nSPS) is 10.7. The monoisotopic (exact) mass is 345 g/mol. The van der Waals surface area contributed by atoms with Crippen LogP contribution in [-0.4, -0.2) is 36.0 Å². The van der Waals surface area contributed by atoms with E-state index in [0.717, 1.165) is 0 Å². The lowest BCUT2D eigenvalue weighted by molar-refractivity contribution is -0.0512. The standard InChI is InChI=1S/C14H14ClF2N3O3/c1-22-12-6-9(2-3-11(12)23-14(16)17)13(21)18-4-5-20-8-10(15)7-19-20/h2-3,6-8,14H,4-5H2,1H3,(H,18,21). The number of ether oxygens (including phenoxy) is 2. The van der Waals surface area contributed by atoms with Crippen LogP contribution in [0, 0.1) is 0 Å². The molecule has 0 radical (unpaired) electrons. The minimum atomic E-state index is -2.97. The molecule has 9 heteroatoms. The molecule has 0 bridgehead atoms. The van der Waals surface area contributed by atoms with Crippen LogP contribution in [0.2, 0.25) is 5.02 Å².